The molecule has 17 heavy (non-hydrogen) atoms. The molecule has 0 aromatic heterocycles. The first-order valence-electron chi connectivity index (χ1n) is 5.84. The van der Waals surface area contributed by atoms with Crippen LogP contribution < -0.4 is 10.5 Å². The predicted molar refractivity (Wildman–Crippen MR) is 68.8 cm³/mol. The van der Waals surface area contributed by atoms with Gasteiger partial charge in [0.2, 0.25) is 0 Å². The summed E-state index contributed by atoms with van der Waals surface area (Å²) in [4.78, 5) is 0. The maximum atomic E-state index is 6.17. The summed E-state index contributed by atoms with van der Waals surface area (Å²) in [5, 5.41) is 0.643. The number of nitrogens with two attached hydrogens (primary N) is 1. The van der Waals surface area contributed by atoms with E-state index in [1.54, 1.807) is 7.11 Å². The Morgan fingerprint density at radius 2 is 2.12 bits per heavy atom. The summed E-state index contributed by atoms with van der Waals surface area (Å²) in [6, 6.07) is 5.94. The van der Waals surface area contributed by atoms with Crippen molar-refractivity contribution in [2.75, 3.05) is 26.9 Å². The minimum atomic E-state index is 0.00810. The quantitative estimate of drug-likeness (QED) is 0.902. The van der Waals surface area contributed by atoms with Crippen LogP contribution in [-0.2, 0) is 10.2 Å². The fourth-order valence-corrected chi connectivity index (χ4v) is 2.63. The Hall–Kier alpha value is -0.770. The smallest absolute Gasteiger partial charge is 0.137 e. The van der Waals surface area contributed by atoms with Gasteiger partial charge in [-0.05, 0) is 30.5 Å². The molecule has 1 saturated heterocycles. The first-order chi connectivity index (χ1) is 8.22. The fraction of sp³-hybridized carbons (Fsp3) is 0.538. The van der Waals surface area contributed by atoms with E-state index < -0.39 is 0 Å². The summed E-state index contributed by atoms with van der Waals surface area (Å²) in [5.41, 5.74) is 7.16. The van der Waals surface area contributed by atoms with E-state index in [-0.39, 0.29) is 5.41 Å². The monoisotopic (exact) mass is 255 g/mol. The van der Waals surface area contributed by atoms with Crippen molar-refractivity contribution in [3.05, 3.63) is 28.8 Å². The molecule has 0 unspecified atom stereocenters. The van der Waals surface area contributed by atoms with E-state index in [9.17, 15) is 0 Å². The van der Waals surface area contributed by atoms with Gasteiger partial charge in [0.1, 0.15) is 5.75 Å². The van der Waals surface area contributed by atoms with Crippen LogP contribution in [0.1, 0.15) is 18.4 Å². The topological polar surface area (TPSA) is 44.5 Å². The van der Waals surface area contributed by atoms with Gasteiger partial charge in [0.15, 0.2) is 0 Å². The summed E-state index contributed by atoms with van der Waals surface area (Å²) in [6.45, 7) is 2.15. The highest BCUT2D eigenvalue weighted by atomic mass is 35.5. The lowest BCUT2D eigenvalue weighted by molar-refractivity contribution is 0.0529. The molecule has 3 nitrogen and oxygen atoms in total. The summed E-state index contributed by atoms with van der Waals surface area (Å²) in [5.74, 6) is 0.703. The van der Waals surface area contributed by atoms with Crippen molar-refractivity contribution in [3.63, 3.8) is 0 Å². The van der Waals surface area contributed by atoms with Gasteiger partial charge in [-0.15, -0.1) is 0 Å². The van der Waals surface area contributed by atoms with Crippen LogP contribution in [0.15, 0.2) is 18.2 Å². The van der Waals surface area contributed by atoms with Gasteiger partial charge in [-0.3, -0.25) is 0 Å². The largest absolute Gasteiger partial charge is 0.495 e. The number of benzene rings is 1. The lowest BCUT2D eigenvalue weighted by Crippen LogP contribution is -2.40. The van der Waals surface area contributed by atoms with Gasteiger partial charge < -0.3 is 15.2 Å². The number of ether oxygens (including phenoxy) is 2. The zero-order chi connectivity index (χ0) is 12.3. The summed E-state index contributed by atoms with van der Waals surface area (Å²) in [6.07, 6.45) is 1.90. The Balaban J connectivity index is 2.33. The van der Waals surface area contributed by atoms with E-state index in [0.29, 0.717) is 17.3 Å². The summed E-state index contributed by atoms with van der Waals surface area (Å²) < 4.78 is 10.6. The Bertz CT molecular complexity index is 389. The molecule has 0 bridgehead atoms. The van der Waals surface area contributed by atoms with Crippen LogP contribution in [0.5, 0.6) is 5.75 Å². The zero-order valence-corrected chi connectivity index (χ0v) is 10.8. The average Bonchev–Trinajstić information content (AvgIpc) is 2.39. The molecule has 0 spiro atoms. The van der Waals surface area contributed by atoms with Gasteiger partial charge in [-0.2, -0.15) is 0 Å². The zero-order valence-electron chi connectivity index (χ0n) is 10.0. The molecule has 2 rings (SSSR count). The molecular formula is C13H18ClNO2. The van der Waals surface area contributed by atoms with Crippen LogP contribution in [0.2, 0.25) is 5.02 Å². The maximum absolute atomic E-state index is 6.17. The molecule has 1 heterocycles. The molecule has 0 saturated carbocycles. The van der Waals surface area contributed by atoms with Gasteiger partial charge in [0.05, 0.1) is 12.1 Å². The van der Waals surface area contributed by atoms with Crippen molar-refractivity contribution in [3.8, 4) is 5.75 Å². The Kier molecular flexibility index (Phi) is 3.92. The standard InChI is InChI=1S/C13H18ClNO2/c1-16-12-3-2-10(8-11(12)14)13(9-15)4-6-17-7-5-13/h2-3,8H,4-7,9,15H2,1H3. The second-order valence-electron chi connectivity index (χ2n) is 4.45. The van der Waals surface area contributed by atoms with Gasteiger partial charge in [0, 0.05) is 25.2 Å². The van der Waals surface area contributed by atoms with E-state index in [4.69, 9.17) is 26.8 Å². The minimum Gasteiger partial charge on any atom is -0.495 e. The van der Waals surface area contributed by atoms with Crippen molar-refractivity contribution in [2.24, 2.45) is 5.73 Å². The number of hydrogen-bond donors (Lipinski definition) is 1. The van der Waals surface area contributed by atoms with Crippen molar-refractivity contribution < 1.29 is 9.47 Å². The third kappa shape index (κ3) is 2.41. The van der Waals surface area contributed by atoms with Gasteiger partial charge in [-0.25, -0.2) is 0 Å². The minimum absolute atomic E-state index is 0.00810. The molecule has 0 amide bonds. The Morgan fingerprint density at radius 1 is 1.41 bits per heavy atom. The first kappa shape index (κ1) is 12.7. The molecule has 1 aliphatic heterocycles. The van der Waals surface area contributed by atoms with Crippen LogP contribution in [0.3, 0.4) is 0 Å². The maximum Gasteiger partial charge on any atom is 0.137 e. The lowest BCUT2D eigenvalue weighted by Gasteiger charge is -2.36. The Labute approximate surface area is 107 Å². The highest BCUT2D eigenvalue weighted by Crippen LogP contribution is 2.37. The van der Waals surface area contributed by atoms with Gasteiger partial charge in [-0.1, -0.05) is 17.7 Å². The first-order valence-corrected chi connectivity index (χ1v) is 6.21. The summed E-state index contributed by atoms with van der Waals surface area (Å²) >= 11 is 6.17. The second-order valence-corrected chi connectivity index (χ2v) is 4.85. The third-order valence-corrected chi connectivity index (χ3v) is 3.90. The van der Waals surface area contributed by atoms with Gasteiger partial charge >= 0.3 is 0 Å². The highest BCUT2D eigenvalue weighted by Gasteiger charge is 2.33. The Morgan fingerprint density at radius 3 is 2.65 bits per heavy atom. The summed E-state index contributed by atoms with van der Waals surface area (Å²) in [7, 11) is 1.62. The number of halogens is 1. The fourth-order valence-electron chi connectivity index (χ4n) is 2.37. The van der Waals surface area contributed by atoms with Crippen LogP contribution in [0, 0.1) is 0 Å². The molecule has 94 valence electrons. The molecule has 0 aliphatic carbocycles. The third-order valence-electron chi connectivity index (χ3n) is 3.60. The molecule has 1 fully saturated rings. The second kappa shape index (κ2) is 5.25. The normalized spacial score (nSPS) is 19.0. The van der Waals surface area contributed by atoms with Crippen LogP contribution in [0.25, 0.3) is 0 Å². The predicted octanol–water partition coefficient (Wildman–Crippen LogP) is 2.36. The van der Waals surface area contributed by atoms with Crippen molar-refractivity contribution in [1.29, 1.82) is 0 Å². The van der Waals surface area contributed by atoms with Crippen molar-refractivity contribution in [2.45, 2.75) is 18.3 Å². The van der Waals surface area contributed by atoms with Gasteiger partial charge in [0.25, 0.3) is 0 Å². The number of methoxy groups -OCH3 is 1. The average molecular weight is 256 g/mol. The van der Waals surface area contributed by atoms with Crippen molar-refractivity contribution in [1.82, 2.24) is 0 Å². The van der Waals surface area contributed by atoms with Crippen LogP contribution in [-0.4, -0.2) is 26.9 Å². The molecule has 0 atom stereocenters. The SMILES string of the molecule is COc1ccc(C2(CN)CCOCC2)cc1Cl. The molecule has 1 aliphatic rings. The van der Waals surface area contributed by atoms with E-state index in [1.807, 2.05) is 12.1 Å². The number of rotatable bonds is 3. The number of hydrogen-bond acceptors (Lipinski definition) is 3. The van der Waals surface area contributed by atoms with E-state index in [2.05, 4.69) is 6.07 Å². The highest BCUT2D eigenvalue weighted by molar-refractivity contribution is 6.32. The molecule has 0 radical (unpaired) electrons. The molecule has 1 aromatic carbocycles. The molecular weight excluding hydrogens is 238 g/mol. The lowest BCUT2D eigenvalue weighted by atomic mass is 9.74. The molecule has 4 heteroatoms. The van der Waals surface area contributed by atoms with E-state index >= 15 is 0 Å². The van der Waals surface area contributed by atoms with E-state index in [0.717, 1.165) is 26.1 Å². The van der Waals surface area contributed by atoms with Crippen LogP contribution in [0.4, 0.5) is 0 Å². The van der Waals surface area contributed by atoms with Crippen molar-refractivity contribution >= 4 is 11.6 Å². The molecule has 1 aromatic rings. The van der Waals surface area contributed by atoms with E-state index in [1.165, 1.54) is 5.56 Å². The van der Waals surface area contributed by atoms with Crippen LogP contribution >= 0.6 is 11.6 Å². The molecule has 2 N–H and O–H groups in total.